The van der Waals surface area contributed by atoms with Gasteiger partial charge in [-0.1, -0.05) is 13.0 Å². The van der Waals surface area contributed by atoms with Crippen LogP contribution in [0.1, 0.15) is 18.9 Å². The van der Waals surface area contributed by atoms with Crippen molar-refractivity contribution in [2.75, 3.05) is 32.1 Å². The first-order valence-corrected chi connectivity index (χ1v) is 6.38. The summed E-state index contributed by atoms with van der Waals surface area (Å²) in [4.78, 5) is 2.01. The quantitative estimate of drug-likeness (QED) is 0.770. The molecular formula is C14H24N2O2. The van der Waals surface area contributed by atoms with E-state index in [1.807, 2.05) is 18.0 Å². The Morgan fingerprint density at radius 1 is 1.44 bits per heavy atom. The summed E-state index contributed by atoms with van der Waals surface area (Å²) in [5.74, 6) is 0.828. The summed E-state index contributed by atoms with van der Waals surface area (Å²) in [5.41, 5.74) is 7.71. The van der Waals surface area contributed by atoms with E-state index in [4.69, 9.17) is 10.5 Å². The van der Waals surface area contributed by atoms with Crippen molar-refractivity contribution >= 4 is 5.69 Å². The summed E-state index contributed by atoms with van der Waals surface area (Å²) >= 11 is 0. The lowest BCUT2D eigenvalue weighted by Gasteiger charge is -2.25. The number of methoxy groups -OCH3 is 1. The molecule has 1 rings (SSSR count). The zero-order chi connectivity index (χ0) is 13.5. The number of likely N-dealkylation sites (N-methyl/N-ethyl adjacent to an activating group) is 1. The van der Waals surface area contributed by atoms with Gasteiger partial charge < -0.3 is 20.5 Å². The molecule has 0 fully saturated rings. The maximum absolute atomic E-state index is 9.81. The van der Waals surface area contributed by atoms with Crippen LogP contribution < -0.4 is 15.4 Å². The highest BCUT2D eigenvalue weighted by atomic mass is 16.5. The maximum atomic E-state index is 9.81. The highest BCUT2D eigenvalue weighted by Crippen LogP contribution is 2.28. The molecule has 0 heterocycles. The van der Waals surface area contributed by atoms with Crippen LogP contribution in [0.3, 0.4) is 0 Å². The van der Waals surface area contributed by atoms with Gasteiger partial charge in [-0.05, 0) is 37.1 Å². The molecule has 0 aliphatic heterocycles. The Hall–Kier alpha value is -1.26. The molecule has 3 N–H and O–H groups in total. The smallest absolute Gasteiger partial charge is 0.142 e. The number of anilines is 1. The molecule has 0 saturated carbocycles. The van der Waals surface area contributed by atoms with Crippen molar-refractivity contribution in [3.63, 3.8) is 0 Å². The summed E-state index contributed by atoms with van der Waals surface area (Å²) in [6, 6.07) is 6.14. The molecule has 0 aromatic heterocycles. The van der Waals surface area contributed by atoms with Crippen LogP contribution in [0.15, 0.2) is 18.2 Å². The lowest BCUT2D eigenvalue weighted by Crippen LogP contribution is -2.30. The zero-order valence-electron chi connectivity index (χ0n) is 11.5. The third-order valence-corrected chi connectivity index (χ3v) is 3.05. The van der Waals surface area contributed by atoms with Gasteiger partial charge in [0.1, 0.15) is 5.75 Å². The average Bonchev–Trinajstić information content (AvgIpc) is 2.38. The molecule has 0 radical (unpaired) electrons. The molecule has 18 heavy (non-hydrogen) atoms. The predicted octanol–water partition coefficient (Wildman–Crippen LogP) is 1.40. The molecule has 0 bridgehead atoms. The van der Waals surface area contributed by atoms with E-state index in [1.165, 1.54) is 5.56 Å². The average molecular weight is 252 g/mol. The van der Waals surface area contributed by atoms with Gasteiger partial charge in [-0.2, -0.15) is 0 Å². The van der Waals surface area contributed by atoms with Crippen molar-refractivity contribution in [2.45, 2.75) is 25.9 Å². The first kappa shape index (κ1) is 14.8. The number of ether oxygens (including phenoxy) is 1. The molecule has 102 valence electrons. The minimum absolute atomic E-state index is 0.407. The van der Waals surface area contributed by atoms with Crippen molar-refractivity contribution in [3.8, 4) is 5.75 Å². The number of nitrogens with two attached hydrogens (primary N) is 1. The van der Waals surface area contributed by atoms with Gasteiger partial charge in [-0.15, -0.1) is 0 Å². The molecule has 0 saturated heterocycles. The van der Waals surface area contributed by atoms with Crippen LogP contribution in [0.5, 0.6) is 5.75 Å². The molecule has 4 nitrogen and oxygen atoms in total. The molecule has 0 spiro atoms. The predicted molar refractivity (Wildman–Crippen MR) is 75.3 cm³/mol. The van der Waals surface area contributed by atoms with E-state index < -0.39 is 6.10 Å². The van der Waals surface area contributed by atoms with Gasteiger partial charge in [-0.3, -0.25) is 0 Å². The largest absolute Gasteiger partial charge is 0.495 e. The normalized spacial score (nSPS) is 12.3. The Labute approximate surface area is 109 Å². The van der Waals surface area contributed by atoms with Crippen molar-refractivity contribution in [1.82, 2.24) is 0 Å². The number of aryl methyl sites for hydroxylation is 1. The zero-order valence-corrected chi connectivity index (χ0v) is 11.5. The summed E-state index contributed by atoms with van der Waals surface area (Å²) < 4.78 is 5.36. The molecule has 0 aliphatic rings. The summed E-state index contributed by atoms with van der Waals surface area (Å²) in [5, 5.41) is 9.81. The number of aliphatic hydroxyl groups excluding tert-OH is 1. The minimum atomic E-state index is -0.407. The Balaban J connectivity index is 2.85. The number of hydrogen-bond acceptors (Lipinski definition) is 4. The Kier molecular flexibility index (Phi) is 5.95. The number of hydrogen-bond donors (Lipinski definition) is 2. The second-order valence-corrected chi connectivity index (χ2v) is 4.47. The molecule has 1 atom stereocenters. The molecule has 1 unspecified atom stereocenters. The van der Waals surface area contributed by atoms with E-state index in [0.717, 1.165) is 17.9 Å². The summed E-state index contributed by atoms with van der Waals surface area (Å²) in [6.07, 6.45) is 1.19. The van der Waals surface area contributed by atoms with E-state index in [0.29, 0.717) is 19.5 Å². The number of nitrogens with zero attached hydrogens (tertiary/aromatic N) is 1. The molecular weight excluding hydrogens is 228 g/mol. The Bertz CT molecular complexity index is 369. The lowest BCUT2D eigenvalue weighted by atomic mass is 10.1. The molecule has 0 aliphatic carbocycles. The van der Waals surface area contributed by atoms with Crippen molar-refractivity contribution < 1.29 is 9.84 Å². The van der Waals surface area contributed by atoms with Crippen molar-refractivity contribution in [2.24, 2.45) is 5.73 Å². The first-order chi connectivity index (χ1) is 8.62. The fourth-order valence-electron chi connectivity index (χ4n) is 1.95. The van der Waals surface area contributed by atoms with Crippen LogP contribution in [0.4, 0.5) is 5.69 Å². The molecule has 1 aromatic carbocycles. The van der Waals surface area contributed by atoms with Crippen LogP contribution in [0, 0.1) is 0 Å². The van der Waals surface area contributed by atoms with Gasteiger partial charge in [-0.25, -0.2) is 0 Å². The van der Waals surface area contributed by atoms with Crippen LogP contribution in [-0.4, -0.2) is 38.5 Å². The van der Waals surface area contributed by atoms with Crippen LogP contribution in [0.2, 0.25) is 0 Å². The Morgan fingerprint density at radius 3 is 2.72 bits per heavy atom. The van der Waals surface area contributed by atoms with Gasteiger partial charge in [0, 0.05) is 13.6 Å². The minimum Gasteiger partial charge on any atom is -0.495 e. The second kappa shape index (κ2) is 7.24. The van der Waals surface area contributed by atoms with E-state index in [9.17, 15) is 5.11 Å². The van der Waals surface area contributed by atoms with Gasteiger partial charge in [0.25, 0.3) is 0 Å². The topological polar surface area (TPSA) is 58.7 Å². The maximum Gasteiger partial charge on any atom is 0.142 e. The van der Waals surface area contributed by atoms with Gasteiger partial charge >= 0.3 is 0 Å². The standard InChI is InChI=1S/C14H24N2O2/c1-4-11-5-6-14(18-3)13(9-11)16(2)10-12(17)7-8-15/h5-6,9,12,17H,4,7-8,10,15H2,1-3H3. The third kappa shape index (κ3) is 3.89. The second-order valence-electron chi connectivity index (χ2n) is 4.47. The summed E-state index contributed by atoms with van der Waals surface area (Å²) in [7, 11) is 3.62. The van der Waals surface area contributed by atoms with E-state index >= 15 is 0 Å². The first-order valence-electron chi connectivity index (χ1n) is 6.38. The van der Waals surface area contributed by atoms with Crippen molar-refractivity contribution in [1.29, 1.82) is 0 Å². The Morgan fingerprint density at radius 2 is 2.17 bits per heavy atom. The number of aliphatic hydroxyl groups is 1. The van der Waals surface area contributed by atoms with Crippen LogP contribution in [0.25, 0.3) is 0 Å². The fourth-order valence-corrected chi connectivity index (χ4v) is 1.95. The molecule has 0 amide bonds. The highest BCUT2D eigenvalue weighted by molar-refractivity contribution is 5.59. The van der Waals surface area contributed by atoms with Crippen molar-refractivity contribution in [3.05, 3.63) is 23.8 Å². The van der Waals surface area contributed by atoms with Crippen LogP contribution >= 0.6 is 0 Å². The molecule has 1 aromatic rings. The van der Waals surface area contributed by atoms with Gasteiger partial charge in [0.15, 0.2) is 0 Å². The monoisotopic (exact) mass is 252 g/mol. The van der Waals surface area contributed by atoms with E-state index in [-0.39, 0.29) is 0 Å². The van der Waals surface area contributed by atoms with Gasteiger partial charge in [0.05, 0.1) is 18.9 Å². The highest BCUT2D eigenvalue weighted by Gasteiger charge is 2.12. The number of rotatable bonds is 7. The third-order valence-electron chi connectivity index (χ3n) is 3.05. The van der Waals surface area contributed by atoms with Gasteiger partial charge in [0.2, 0.25) is 0 Å². The van der Waals surface area contributed by atoms with Crippen LogP contribution in [-0.2, 0) is 6.42 Å². The fraction of sp³-hybridized carbons (Fsp3) is 0.571. The van der Waals surface area contributed by atoms with E-state index in [1.54, 1.807) is 7.11 Å². The van der Waals surface area contributed by atoms with E-state index in [2.05, 4.69) is 19.1 Å². The summed E-state index contributed by atoms with van der Waals surface area (Å²) in [6.45, 7) is 3.18. The SMILES string of the molecule is CCc1ccc(OC)c(N(C)CC(O)CCN)c1. The molecule has 4 heteroatoms. The lowest BCUT2D eigenvalue weighted by molar-refractivity contribution is 0.174. The number of benzene rings is 1.